The molecule has 0 amide bonds. The molecule has 0 saturated heterocycles. The molecule has 1 atom stereocenters. The molecular weight excluding hydrogens is 408 g/mol. The lowest BCUT2D eigenvalue weighted by Crippen LogP contribution is -2.20. The summed E-state index contributed by atoms with van der Waals surface area (Å²) in [6.45, 7) is 2.16. The van der Waals surface area contributed by atoms with Gasteiger partial charge in [0.1, 0.15) is 6.10 Å². The Morgan fingerprint density at radius 3 is 1.78 bits per heavy atom. The Morgan fingerprint density at radius 2 is 1.25 bits per heavy atom. The third-order valence-electron chi connectivity index (χ3n) is 5.70. The molecule has 1 aromatic carbocycles. The van der Waals surface area contributed by atoms with E-state index in [-0.39, 0.29) is 23.7 Å². The smallest absolute Gasteiger partial charge is 0.339 e. The quantitative estimate of drug-likeness (QED) is 0.177. The van der Waals surface area contributed by atoms with Crippen LogP contribution in [0.2, 0.25) is 0 Å². The molecule has 1 rings (SSSR count). The summed E-state index contributed by atoms with van der Waals surface area (Å²) < 4.78 is 5.75. The van der Waals surface area contributed by atoms with Gasteiger partial charge in [-0.3, -0.25) is 4.79 Å². The lowest BCUT2D eigenvalue weighted by atomic mass is 10.0. The van der Waals surface area contributed by atoms with Crippen molar-refractivity contribution in [3.05, 3.63) is 35.4 Å². The molecule has 0 aliphatic heterocycles. The minimum absolute atomic E-state index is 0.0226. The minimum Gasteiger partial charge on any atom is -0.481 e. The number of benzene rings is 1. The third kappa shape index (κ3) is 12.5. The van der Waals surface area contributed by atoms with Crippen molar-refractivity contribution in [2.24, 2.45) is 0 Å². The maximum atomic E-state index is 12.6. The van der Waals surface area contributed by atoms with E-state index in [1.54, 1.807) is 12.1 Å². The second-order valence-electron chi connectivity index (χ2n) is 8.49. The number of hydrogen-bond donors (Lipinski definition) is 2. The summed E-state index contributed by atoms with van der Waals surface area (Å²) in [7, 11) is 0. The molecule has 0 aliphatic rings. The third-order valence-corrected chi connectivity index (χ3v) is 5.70. The number of carbonyl (C=O) groups excluding carboxylic acids is 1. The monoisotopic (exact) mass is 448 g/mol. The topological polar surface area (TPSA) is 101 Å². The van der Waals surface area contributed by atoms with Gasteiger partial charge in [-0.1, -0.05) is 76.8 Å². The number of carboxylic acids is 2. The Hall–Kier alpha value is -2.37. The fourth-order valence-corrected chi connectivity index (χ4v) is 3.83. The zero-order valence-electron chi connectivity index (χ0n) is 19.5. The predicted octanol–water partition coefficient (Wildman–Crippen LogP) is 6.87. The molecule has 180 valence electrons. The van der Waals surface area contributed by atoms with Crippen molar-refractivity contribution < 1.29 is 29.3 Å². The molecule has 0 aromatic heterocycles. The predicted molar refractivity (Wildman–Crippen MR) is 125 cm³/mol. The summed E-state index contributed by atoms with van der Waals surface area (Å²) in [4.78, 5) is 34.6. The van der Waals surface area contributed by atoms with Crippen LogP contribution in [0.5, 0.6) is 0 Å². The lowest BCUT2D eigenvalue weighted by Gasteiger charge is -2.18. The van der Waals surface area contributed by atoms with Gasteiger partial charge < -0.3 is 14.9 Å². The van der Waals surface area contributed by atoms with Gasteiger partial charge in [0.2, 0.25) is 0 Å². The number of aromatic carboxylic acids is 1. The molecule has 0 fully saturated rings. The van der Waals surface area contributed by atoms with Crippen molar-refractivity contribution in [1.82, 2.24) is 0 Å². The van der Waals surface area contributed by atoms with Crippen molar-refractivity contribution in [3.63, 3.8) is 0 Å². The number of hydrogen-bond acceptors (Lipinski definition) is 4. The van der Waals surface area contributed by atoms with Crippen LogP contribution in [-0.2, 0) is 9.53 Å². The molecule has 0 radical (unpaired) electrons. The van der Waals surface area contributed by atoms with Crippen LogP contribution < -0.4 is 0 Å². The number of esters is 1. The van der Waals surface area contributed by atoms with Crippen molar-refractivity contribution in [2.75, 3.05) is 0 Å². The number of rotatable bonds is 19. The average molecular weight is 449 g/mol. The minimum atomic E-state index is -1.12. The largest absolute Gasteiger partial charge is 0.481 e. The molecule has 6 heteroatoms. The number of carbonyl (C=O) groups is 3. The van der Waals surface area contributed by atoms with Crippen LogP contribution in [0.3, 0.4) is 0 Å². The van der Waals surface area contributed by atoms with Crippen LogP contribution >= 0.6 is 0 Å². The van der Waals surface area contributed by atoms with Crippen LogP contribution in [0.25, 0.3) is 0 Å². The van der Waals surface area contributed by atoms with Crippen molar-refractivity contribution in [1.29, 1.82) is 0 Å². The van der Waals surface area contributed by atoms with E-state index in [0.717, 1.165) is 89.9 Å². The van der Waals surface area contributed by atoms with Crippen LogP contribution in [0.1, 0.15) is 124 Å². The van der Waals surface area contributed by atoms with Gasteiger partial charge in [-0.15, -0.1) is 0 Å². The second kappa shape index (κ2) is 17.2. The second-order valence-corrected chi connectivity index (χ2v) is 8.49. The van der Waals surface area contributed by atoms with Gasteiger partial charge in [-0.25, -0.2) is 9.59 Å². The maximum absolute atomic E-state index is 12.6. The summed E-state index contributed by atoms with van der Waals surface area (Å²) >= 11 is 0. The molecular formula is C26H40O6. The molecule has 0 spiro atoms. The summed E-state index contributed by atoms with van der Waals surface area (Å²) in [5.74, 6) is -2.40. The Balaban J connectivity index is 2.40. The number of unbranched alkanes of at least 4 members (excludes halogenated alkanes) is 10. The summed E-state index contributed by atoms with van der Waals surface area (Å²) in [6, 6.07) is 6.20. The normalized spacial score (nSPS) is 11.8. The highest BCUT2D eigenvalue weighted by Crippen LogP contribution is 2.19. The zero-order chi connectivity index (χ0) is 23.6. The number of carboxylic acid groups (broad SMARTS) is 2. The summed E-state index contributed by atoms with van der Waals surface area (Å²) in [6.07, 6.45) is 14.3. The van der Waals surface area contributed by atoms with Crippen molar-refractivity contribution in [3.8, 4) is 0 Å². The molecule has 1 aromatic rings. The van der Waals surface area contributed by atoms with Gasteiger partial charge in [-0.05, 0) is 44.2 Å². The van der Waals surface area contributed by atoms with E-state index in [9.17, 15) is 19.5 Å². The van der Waals surface area contributed by atoms with E-state index in [1.165, 1.54) is 12.1 Å². The van der Waals surface area contributed by atoms with Crippen LogP contribution in [0.4, 0.5) is 0 Å². The first-order valence-corrected chi connectivity index (χ1v) is 12.2. The first-order chi connectivity index (χ1) is 15.5. The van der Waals surface area contributed by atoms with E-state index in [4.69, 9.17) is 9.84 Å². The molecule has 1 unspecified atom stereocenters. The SMILES string of the molecule is CCCCCCC(CCCCCCCCCCC(=O)O)OC(=O)c1ccccc1C(=O)O. The van der Waals surface area contributed by atoms with E-state index in [2.05, 4.69) is 6.92 Å². The Kier molecular flexibility index (Phi) is 14.9. The highest BCUT2D eigenvalue weighted by atomic mass is 16.5. The highest BCUT2D eigenvalue weighted by molar-refractivity contribution is 6.02. The maximum Gasteiger partial charge on any atom is 0.339 e. The summed E-state index contributed by atoms with van der Waals surface area (Å²) in [5, 5.41) is 18.0. The van der Waals surface area contributed by atoms with Crippen LogP contribution in [0.15, 0.2) is 24.3 Å². The van der Waals surface area contributed by atoms with E-state index < -0.39 is 17.9 Å². The van der Waals surface area contributed by atoms with E-state index >= 15 is 0 Å². The number of ether oxygens (including phenoxy) is 1. The first kappa shape index (κ1) is 27.7. The Bertz CT molecular complexity index is 685. The molecule has 0 heterocycles. The van der Waals surface area contributed by atoms with Gasteiger partial charge in [-0.2, -0.15) is 0 Å². The van der Waals surface area contributed by atoms with Gasteiger partial charge in [0, 0.05) is 6.42 Å². The Morgan fingerprint density at radius 1 is 0.750 bits per heavy atom. The standard InChI is InChI=1S/C26H40O6/c1-2-3-4-11-16-21(17-12-9-7-5-6-8-10-13-20-24(27)28)32-26(31)23-19-15-14-18-22(23)25(29)30/h14-15,18-19,21H,2-13,16-17,20H2,1H3,(H,27,28)(H,29,30). The molecule has 0 aliphatic carbocycles. The van der Waals surface area contributed by atoms with Gasteiger partial charge >= 0.3 is 17.9 Å². The molecule has 32 heavy (non-hydrogen) atoms. The molecule has 2 N–H and O–H groups in total. The van der Waals surface area contributed by atoms with Crippen LogP contribution in [0, 0.1) is 0 Å². The van der Waals surface area contributed by atoms with Crippen molar-refractivity contribution >= 4 is 17.9 Å². The first-order valence-electron chi connectivity index (χ1n) is 12.2. The van der Waals surface area contributed by atoms with Crippen molar-refractivity contribution in [2.45, 2.75) is 109 Å². The van der Waals surface area contributed by atoms with Gasteiger partial charge in [0.05, 0.1) is 11.1 Å². The van der Waals surface area contributed by atoms with Crippen LogP contribution in [-0.4, -0.2) is 34.2 Å². The molecule has 0 bridgehead atoms. The van der Waals surface area contributed by atoms with Gasteiger partial charge in [0.25, 0.3) is 0 Å². The van der Waals surface area contributed by atoms with E-state index in [0.29, 0.717) is 0 Å². The lowest BCUT2D eigenvalue weighted by molar-refractivity contribution is -0.137. The zero-order valence-corrected chi connectivity index (χ0v) is 19.5. The highest BCUT2D eigenvalue weighted by Gasteiger charge is 2.20. The van der Waals surface area contributed by atoms with E-state index in [1.807, 2.05) is 0 Å². The molecule has 0 saturated carbocycles. The summed E-state index contributed by atoms with van der Waals surface area (Å²) in [5.41, 5.74) is 0.0899. The Labute approximate surface area is 192 Å². The number of aliphatic carboxylic acids is 1. The molecule has 6 nitrogen and oxygen atoms in total. The fraction of sp³-hybridized carbons (Fsp3) is 0.654. The average Bonchev–Trinajstić information content (AvgIpc) is 2.77. The van der Waals surface area contributed by atoms with Gasteiger partial charge in [0.15, 0.2) is 0 Å². The fourth-order valence-electron chi connectivity index (χ4n) is 3.83.